The van der Waals surface area contributed by atoms with Crippen LogP contribution in [0.5, 0.6) is 0 Å². The van der Waals surface area contributed by atoms with E-state index in [2.05, 4.69) is 29.4 Å². The van der Waals surface area contributed by atoms with Crippen LogP contribution in [0, 0.1) is 0 Å². The topological polar surface area (TPSA) is 57.4 Å². The van der Waals surface area contributed by atoms with E-state index >= 15 is 0 Å². The third kappa shape index (κ3) is 4.12. The van der Waals surface area contributed by atoms with Crippen molar-refractivity contribution in [3.05, 3.63) is 66.2 Å². The van der Waals surface area contributed by atoms with Gasteiger partial charge in [-0.25, -0.2) is 5.01 Å². The van der Waals surface area contributed by atoms with E-state index in [1.165, 1.54) is 15.5 Å². The van der Waals surface area contributed by atoms with Crippen molar-refractivity contribution in [2.24, 2.45) is 5.10 Å². The summed E-state index contributed by atoms with van der Waals surface area (Å²) in [6.45, 7) is 4.28. The molecular formula is C22H25N4O2+. The number of carbonyl (C=O) groups is 2. The lowest BCUT2D eigenvalue weighted by Crippen LogP contribution is -3.13. The molecule has 0 radical (unpaired) electrons. The Hall–Kier alpha value is -2.99. The Labute approximate surface area is 165 Å². The van der Waals surface area contributed by atoms with E-state index < -0.39 is 0 Å². The number of nitrogens with one attached hydrogen (secondary N) is 1. The van der Waals surface area contributed by atoms with E-state index in [1.54, 1.807) is 0 Å². The molecule has 28 heavy (non-hydrogen) atoms. The van der Waals surface area contributed by atoms with Crippen molar-refractivity contribution in [3.63, 3.8) is 0 Å². The van der Waals surface area contributed by atoms with Crippen molar-refractivity contribution >= 4 is 23.2 Å². The average molecular weight is 377 g/mol. The summed E-state index contributed by atoms with van der Waals surface area (Å²) in [7, 11) is 0. The Morgan fingerprint density at radius 3 is 2.25 bits per heavy atom. The molecule has 2 aliphatic rings. The van der Waals surface area contributed by atoms with Crippen molar-refractivity contribution in [1.29, 1.82) is 0 Å². The maximum atomic E-state index is 12.9. The number of nitrogens with zero attached hydrogens (tertiary/aromatic N) is 3. The molecular weight excluding hydrogens is 352 g/mol. The number of hydrogen-bond acceptors (Lipinski definition) is 3. The first-order valence-electron chi connectivity index (χ1n) is 9.83. The molecule has 1 saturated heterocycles. The number of hydrogen-bond donors (Lipinski definition) is 1. The quantitative estimate of drug-likeness (QED) is 0.867. The summed E-state index contributed by atoms with van der Waals surface area (Å²) >= 11 is 0. The van der Waals surface area contributed by atoms with Gasteiger partial charge in [0.15, 0.2) is 0 Å². The van der Waals surface area contributed by atoms with Crippen LogP contribution in [0.15, 0.2) is 65.8 Å². The number of anilines is 1. The molecule has 2 amide bonds. The number of carbonyl (C=O) groups excluding carboxylic acids is 2. The van der Waals surface area contributed by atoms with Gasteiger partial charge in [0.05, 0.1) is 31.9 Å². The summed E-state index contributed by atoms with van der Waals surface area (Å²) in [6.07, 6.45) is 0.733. The standard InChI is InChI=1S/C22H24N4O2/c27-21-12-11-20(23-26(21)19-9-5-2-6-10-19)22(28)25-15-13-24(14-16-25)17-18-7-3-1-4-8-18/h1-10H,11-17H2/p+1. The highest BCUT2D eigenvalue weighted by Crippen LogP contribution is 2.20. The van der Waals surface area contributed by atoms with Gasteiger partial charge in [0.2, 0.25) is 5.91 Å². The molecule has 2 aliphatic heterocycles. The van der Waals surface area contributed by atoms with E-state index in [1.807, 2.05) is 41.3 Å². The summed E-state index contributed by atoms with van der Waals surface area (Å²) in [5, 5.41) is 5.77. The molecule has 0 atom stereocenters. The highest BCUT2D eigenvalue weighted by atomic mass is 16.2. The molecule has 0 spiro atoms. The molecule has 1 N–H and O–H groups in total. The first kappa shape index (κ1) is 18.4. The minimum atomic E-state index is -0.0696. The largest absolute Gasteiger partial charge is 0.328 e. The summed E-state index contributed by atoms with van der Waals surface area (Å²) < 4.78 is 0. The zero-order valence-electron chi connectivity index (χ0n) is 15.9. The lowest BCUT2D eigenvalue weighted by Gasteiger charge is -2.33. The van der Waals surface area contributed by atoms with E-state index in [0.29, 0.717) is 24.2 Å². The van der Waals surface area contributed by atoms with Gasteiger partial charge in [0.1, 0.15) is 12.3 Å². The van der Waals surface area contributed by atoms with Gasteiger partial charge >= 0.3 is 0 Å². The monoisotopic (exact) mass is 377 g/mol. The van der Waals surface area contributed by atoms with Gasteiger partial charge in [-0.1, -0.05) is 48.5 Å². The van der Waals surface area contributed by atoms with Crippen LogP contribution in [-0.2, 0) is 16.1 Å². The number of quaternary nitrogens is 1. The van der Waals surface area contributed by atoms with Crippen molar-refractivity contribution in [2.45, 2.75) is 19.4 Å². The Bertz CT molecular complexity index is 859. The van der Waals surface area contributed by atoms with Crippen LogP contribution >= 0.6 is 0 Å². The Balaban J connectivity index is 1.39. The average Bonchev–Trinajstić information content (AvgIpc) is 2.75. The van der Waals surface area contributed by atoms with Crippen molar-refractivity contribution < 1.29 is 14.5 Å². The molecule has 0 aliphatic carbocycles. The maximum absolute atomic E-state index is 12.9. The van der Waals surface area contributed by atoms with Gasteiger partial charge in [-0.15, -0.1) is 0 Å². The van der Waals surface area contributed by atoms with E-state index in [4.69, 9.17) is 0 Å². The zero-order chi connectivity index (χ0) is 19.3. The first-order chi connectivity index (χ1) is 13.7. The molecule has 6 heteroatoms. The molecule has 0 bridgehead atoms. The summed E-state index contributed by atoms with van der Waals surface area (Å²) in [4.78, 5) is 28.6. The molecule has 2 aromatic rings. The van der Waals surface area contributed by atoms with Crippen LogP contribution in [-0.4, -0.2) is 48.6 Å². The lowest BCUT2D eigenvalue weighted by molar-refractivity contribution is -0.917. The zero-order valence-corrected chi connectivity index (χ0v) is 15.9. The fourth-order valence-electron chi connectivity index (χ4n) is 3.75. The smallest absolute Gasteiger partial charge is 0.270 e. The predicted molar refractivity (Wildman–Crippen MR) is 108 cm³/mol. The second-order valence-electron chi connectivity index (χ2n) is 7.29. The highest BCUT2D eigenvalue weighted by Gasteiger charge is 2.31. The molecule has 2 aromatic carbocycles. The van der Waals surface area contributed by atoms with Gasteiger partial charge < -0.3 is 9.80 Å². The summed E-state index contributed by atoms with van der Waals surface area (Å²) in [5.74, 6) is -0.105. The van der Waals surface area contributed by atoms with Crippen molar-refractivity contribution in [3.8, 4) is 0 Å². The van der Waals surface area contributed by atoms with Gasteiger partial charge in [-0.2, -0.15) is 5.10 Å². The first-order valence-corrected chi connectivity index (χ1v) is 9.83. The number of hydrazone groups is 1. The molecule has 0 unspecified atom stereocenters. The molecule has 4 rings (SSSR count). The van der Waals surface area contributed by atoms with Crippen LogP contribution in [0.2, 0.25) is 0 Å². The third-order valence-corrected chi connectivity index (χ3v) is 5.33. The number of benzene rings is 2. The summed E-state index contributed by atoms with van der Waals surface area (Å²) in [5.41, 5.74) is 2.51. The fourth-order valence-corrected chi connectivity index (χ4v) is 3.75. The Kier molecular flexibility index (Phi) is 5.48. The van der Waals surface area contributed by atoms with E-state index in [-0.39, 0.29) is 11.8 Å². The molecule has 0 saturated carbocycles. The van der Waals surface area contributed by atoms with Gasteiger partial charge in [0, 0.05) is 18.4 Å². The van der Waals surface area contributed by atoms with Crippen LogP contribution < -0.4 is 9.91 Å². The van der Waals surface area contributed by atoms with Crippen LogP contribution in [0.25, 0.3) is 0 Å². The van der Waals surface area contributed by atoms with Crippen LogP contribution in [0.4, 0.5) is 5.69 Å². The second kappa shape index (κ2) is 8.35. The van der Waals surface area contributed by atoms with Crippen molar-refractivity contribution in [1.82, 2.24) is 4.90 Å². The Morgan fingerprint density at radius 1 is 0.929 bits per heavy atom. The summed E-state index contributed by atoms with van der Waals surface area (Å²) in [6, 6.07) is 19.7. The normalized spacial score (nSPS) is 18.1. The molecule has 144 valence electrons. The number of para-hydroxylation sites is 1. The van der Waals surface area contributed by atoms with Gasteiger partial charge in [0.25, 0.3) is 5.91 Å². The third-order valence-electron chi connectivity index (χ3n) is 5.33. The minimum absolute atomic E-state index is 0.0350. The van der Waals surface area contributed by atoms with Gasteiger partial charge in [-0.3, -0.25) is 9.59 Å². The minimum Gasteiger partial charge on any atom is -0.328 e. The van der Waals surface area contributed by atoms with E-state index in [9.17, 15) is 9.59 Å². The predicted octanol–water partition coefficient (Wildman–Crippen LogP) is 1.10. The second-order valence-corrected chi connectivity index (χ2v) is 7.29. The van der Waals surface area contributed by atoms with Crippen LogP contribution in [0.3, 0.4) is 0 Å². The molecule has 0 aromatic heterocycles. The van der Waals surface area contributed by atoms with Crippen molar-refractivity contribution in [2.75, 3.05) is 31.2 Å². The number of amides is 2. The number of piperazine rings is 1. The Morgan fingerprint density at radius 2 is 1.57 bits per heavy atom. The van der Waals surface area contributed by atoms with Gasteiger partial charge in [-0.05, 0) is 12.1 Å². The number of rotatable bonds is 4. The molecule has 6 nitrogen and oxygen atoms in total. The van der Waals surface area contributed by atoms with E-state index in [0.717, 1.165) is 32.7 Å². The van der Waals surface area contributed by atoms with Crippen LogP contribution in [0.1, 0.15) is 18.4 Å². The highest BCUT2D eigenvalue weighted by molar-refractivity contribution is 6.40. The fraction of sp³-hybridized carbons (Fsp3) is 0.318. The molecule has 1 fully saturated rings. The SMILES string of the molecule is O=C(C1=NN(c2ccccc2)C(=O)CC1)N1CC[NH+](Cc2ccccc2)CC1. The molecule has 2 heterocycles. The lowest BCUT2D eigenvalue weighted by atomic mass is 10.1. The maximum Gasteiger partial charge on any atom is 0.270 e.